The second kappa shape index (κ2) is 11.1. The number of rotatable bonds is 8. The molecule has 1 saturated heterocycles. The zero-order chi connectivity index (χ0) is 25.6. The summed E-state index contributed by atoms with van der Waals surface area (Å²) in [6, 6.07) is 6.02. The van der Waals surface area contributed by atoms with Crippen molar-refractivity contribution in [2.75, 3.05) is 43.0 Å². The number of hydrogen-bond acceptors (Lipinski definition) is 6. The van der Waals surface area contributed by atoms with Gasteiger partial charge in [-0.3, -0.25) is 4.79 Å². The molecule has 1 amide bonds. The van der Waals surface area contributed by atoms with E-state index in [-0.39, 0.29) is 43.8 Å². The van der Waals surface area contributed by atoms with Crippen LogP contribution in [0.5, 0.6) is 0 Å². The molecular formula is C22H25F6N5O2. The maximum atomic E-state index is 13.3. The first-order chi connectivity index (χ1) is 16.5. The lowest BCUT2D eigenvalue weighted by molar-refractivity contribution is -0.144. The minimum absolute atomic E-state index is 0.0116. The molecule has 1 fully saturated rings. The maximum Gasteiger partial charge on any atom is 0.451 e. The molecule has 192 valence electrons. The Labute approximate surface area is 197 Å². The fraction of sp³-hybridized carbons (Fsp3) is 0.500. The molecule has 1 aromatic heterocycles. The number of aromatic nitrogens is 2. The number of carbonyl (C=O) groups excluding carboxylic acids is 1. The molecule has 2 aromatic rings. The van der Waals surface area contributed by atoms with E-state index in [1.807, 2.05) is 0 Å². The number of halogens is 6. The zero-order valence-electron chi connectivity index (χ0n) is 18.6. The molecule has 0 spiro atoms. The lowest BCUT2D eigenvalue weighted by atomic mass is 9.97. The summed E-state index contributed by atoms with van der Waals surface area (Å²) in [7, 11) is 0. The van der Waals surface area contributed by atoms with Crippen LogP contribution >= 0.6 is 0 Å². The smallest absolute Gasteiger partial charge is 0.395 e. The Kier molecular flexibility index (Phi) is 8.41. The molecular weight excluding hydrogens is 480 g/mol. The molecule has 35 heavy (non-hydrogen) atoms. The number of carbonyl (C=O) groups is 1. The summed E-state index contributed by atoms with van der Waals surface area (Å²) in [6.07, 6.45) is -7.76. The van der Waals surface area contributed by atoms with Crippen molar-refractivity contribution in [1.29, 1.82) is 0 Å². The number of nitrogens with one attached hydrogen (secondary N) is 2. The van der Waals surface area contributed by atoms with E-state index in [9.17, 15) is 31.1 Å². The predicted molar refractivity (Wildman–Crippen MR) is 116 cm³/mol. The summed E-state index contributed by atoms with van der Waals surface area (Å²) >= 11 is 0. The van der Waals surface area contributed by atoms with E-state index >= 15 is 0 Å². The fourth-order valence-corrected chi connectivity index (χ4v) is 3.73. The maximum absolute atomic E-state index is 13.3. The molecule has 1 atom stereocenters. The van der Waals surface area contributed by atoms with Crippen molar-refractivity contribution in [3.8, 4) is 0 Å². The van der Waals surface area contributed by atoms with Gasteiger partial charge in [-0.05, 0) is 37.0 Å². The van der Waals surface area contributed by atoms with E-state index in [0.29, 0.717) is 31.4 Å². The van der Waals surface area contributed by atoms with Crippen LogP contribution < -0.4 is 15.5 Å². The zero-order valence-corrected chi connectivity index (χ0v) is 18.6. The highest BCUT2D eigenvalue weighted by molar-refractivity contribution is 5.79. The van der Waals surface area contributed by atoms with Crippen LogP contribution in [-0.4, -0.2) is 53.8 Å². The third-order valence-corrected chi connectivity index (χ3v) is 5.49. The fourth-order valence-electron chi connectivity index (χ4n) is 3.73. The van der Waals surface area contributed by atoms with Crippen LogP contribution in [0, 0.1) is 5.92 Å². The number of nitrogens with zero attached hydrogens (tertiary/aromatic N) is 3. The molecule has 1 aliphatic rings. The van der Waals surface area contributed by atoms with E-state index in [4.69, 9.17) is 5.11 Å². The lowest BCUT2D eigenvalue weighted by Gasteiger charge is -2.33. The number of hydrogen-bond donors (Lipinski definition) is 3. The molecule has 0 radical (unpaired) electrons. The molecule has 2 heterocycles. The van der Waals surface area contributed by atoms with E-state index in [1.54, 1.807) is 4.90 Å². The van der Waals surface area contributed by atoms with Crippen LogP contribution in [0.2, 0.25) is 0 Å². The SMILES string of the molecule is O=C(NCCc1ccc(C(F)(F)F)cc1)[C@@H]1CCCN(c2cc(NCCO)nc(C(F)(F)F)n2)C1. The highest BCUT2D eigenvalue weighted by Crippen LogP contribution is 2.31. The van der Waals surface area contributed by atoms with Gasteiger partial charge in [-0.25, -0.2) is 9.97 Å². The first kappa shape index (κ1) is 26.5. The molecule has 0 saturated carbocycles. The van der Waals surface area contributed by atoms with Gasteiger partial charge in [0.2, 0.25) is 11.7 Å². The number of piperidine rings is 1. The summed E-state index contributed by atoms with van der Waals surface area (Å²) in [4.78, 5) is 21.3. The number of aliphatic hydroxyl groups excluding tert-OH is 1. The Balaban J connectivity index is 1.60. The van der Waals surface area contributed by atoms with Gasteiger partial charge in [-0.15, -0.1) is 0 Å². The second-order valence-electron chi connectivity index (χ2n) is 8.10. The summed E-state index contributed by atoms with van der Waals surface area (Å²) in [6.45, 7) is 0.488. The van der Waals surface area contributed by atoms with Gasteiger partial charge in [-0.1, -0.05) is 12.1 Å². The second-order valence-corrected chi connectivity index (χ2v) is 8.10. The van der Waals surface area contributed by atoms with E-state index in [0.717, 1.165) is 12.1 Å². The van der Waals surface area contributed by atoms with E-state index in [1.165, 1.54) is 18.2 Å². The van der Waals surface area contributed by atoms with Crippen molar-refractivity contribution in [1.82, 2.24) is 15.3 Å². The third kappa shape index (κ3) is 7.44. The average Bonchev–Trinajstić information content (AvgIpc) is 2.82. The largest absolute Gasteiger partial charge is 0.451 e. The van der Waals surface area contributed by atoms with Crippen LogP contribution in [0.4, 0.5) is 38.0 Å². The Bertz CT molecular complexity index is 997. The minimum Gasteiger partial charge on any atom is -0.395 e. The number of alkyl halides is 6. The van der Waals surface area contributed by atoms with Gasteiger partial charge in [0.05, 0.1) is 18.1 Å². The molecule has 1 aliphatic heterocycles. The molecule has 13 heteroatoms. The van der Waals surface area contributed by atoms with Gasteiger partial charge in [-0.2, -0.15) is 26.3 Å². The Morgan fingerprint density at radius 1 is 1.06 bits per heavy atom. The molecule has 3 N–H and O–H groups in total. The first-order valence-corrected chi connectivity index (χ1v) is 11.0. The third-order valence-electron chi connectivity index (χ3n) is 5.49. The summed E-state index contributed by atoms with van der Waals surface area (Å²) in [5.41, 5.74) is -0.118. The van der Waals surface area contributed by atoms with Gasteiger partial charge in [0.25, 0.3) is 0 Å². The molecule has 3 rings (SSSR count). The summed E-state index contributed by atoms with van der Waals surface area (Å²) in [5.74, 6) is -2.16. The Hall–Kier alpha value is -3.09. The van der Waals surface area contributed by atoms with E-state index in [2.05, 4.69) is 20.6 Å². The van der Waals surface area contributed by atoms with Crippen molar-refractivity contribution in [3.63, 3.8) is 0 Å². The van der Waals surface area contributed by atoms with Crippen molar-refractivity contribution in [3.05, 3.63) is 47.3 Å². The van der Waals surface area contributed by atoms with Crippen LogP contribution in [0.1, 0.15) is 29.8 Å². The van der Waals surface area contributed by atoms with Crippen LogP contribution in [-0.2, 0) is 23.6 Å². The van der Waals surface area contributed by atoms with Crippen molar-refractivity contribution in [2.24, 2.45) is 5.92 Å². The molecule has 0 aliphatic carbocycles. The molecule has 0 unspecified atom stereocenters. The van der Waals surface area contributed by atoms with Crippen LogP contribution in [0.3, 0.4) is 0 Å². The minimum atomic E-state index is -4.77. The summed E-state index contributed by atoms with van der Waals surface area (Å²) in [5, 5.41) is 14.3. The molecule has 0 bridgehead atoms. The van der Waals surface area contributed by atoms with Crippen LogP contribution in [0.15, 0.2) is 30.3 Å². The standard InChI is InChI=1S/C22H25F6N5O2/c23-21(24,25)16-5-3-14(4-6-16)7-8-30-19(35)15-2-1-10-33(13-15)18-12-17(29-9-11-34)31-20(32-18)22(26,27)28/h3-6,12,15,34H,1-2,7-11,13H2,(H,30,35)(H,29,31,32)/t15-/m1/s1. The van der Waals surface area contributed by atoms with Gasteiger partial charge in [0, 0.05) is 32.2 Å². The molecule has 1 aromatic carbocycles. The van der Waals surface area contributed by atoms with Crippen molar-refractivity contribution >= 4 is 17.5 Å². The van der Waals surface area contributed by atoms with Crippen molar-refractivity contribution in [2.45, 2.75) is 31.6 Å². The van der Waals surface area contributed by atoms with Gasteiger partial charge in [0.15, 0.2) is 0 Å². The number of benzene rings is 1. The lowest BCUT2D eigenvalue weighted by Crippen LogP contribution is -2.44. The summed E-state index contributed by atoms with van der Waals surface area (Å²) < 4.78 is 77.8. The number of aliphatic hydroxyl groups is 1. The van der Waals surface area contributed by atoms with Crippen molar-refractivity contribution < 1.29 is 36.2 Å². The average molecular weight is 505 g/mol. The number of anilines is 2. The van der Waals surface area contributed by atoms with E-state index < -0.39 is 29.7 Å². The van der Waals surface area contributed by atoms with Gasteiger partial charge < -0.3 is 20.6 Å². The predicted octanol–water partition coefficient (Wildman–Crippen LogP) is 3.49. The monoisotopic (exact) mass is 505 g/mol. The van der Waals surface area contributed by atoms with Crippen LogP contribution in [0.25, 0.3) is 0 Å². The normalized spacial score (nSPS) is 16.8. The quantitative estimate of drug-likeness (QED) is 0.476. The first-order valence-electron chi connectivity index (χ1n) is 11.0. The Morgan fingerprint density at radius 2 is 1.77 bits per heavy atom. The van der Waals surface area contributed by atoms with Gasteiger partial charge in [0.1, 0.15) is 11.6 Å². The highest BCUT2D eigenvalue weighted by Gasteiger charge is 2.36. The molecule has 7 nitrogen and oxygen atoms in total. The Morgan fingerprint density at radius 3 is 2.40 bits per heavy atom. The topological polar surface area (TPSA) is 90.4 Å². The highest BCUT2D eigenvalue weighted by atomic mass is 19.4. The van der Waals surface area contributed by atoms with Gasteiger partial charge >= 0.3 is 12.4 Å². The number of amides is 1.